The molecule has 2 aromatic carbocycles. The lowest BCUT2D eigenvalue weighted by atomic mass is 9.88. The molecule has 2 N–H and O–H groups in total. The predicted octanol–water partition coefficient (Wildman–Crippen LogP) is 3.63. The summed E-state index contributed by atoms with van der Waals surface area (Å²) in [7, 11) is 1.85. The molecule has 1 heterocycles. The van der Waals surface area contributed by atoms with E-state index in [1.54, 1.807) is 0 Å². The van der Waals surface area contributed by atoms with Crippen LogP contribution in [0.15, 0.2) is 65.7 Å². The first-order valence-electron chi connectivity index (χ1n) is 11.3. The Morgan fingerprint density at radius 1 is 0.839 bits per heavy atom. The van der Waals surface area contributed by atoms with Gasteiger partial charge in [0.2, 0.25) is 0 Å². The number of aliphatic imine (C=N–C) groups is 1. The largest absolute Gasteiger partial charge is 0.356 e. The van der Waals surface area contributed by atoms with Crippen molar-refractivity contribution in [1.29, 1.82) is 0 Å². The number of nitrogens with zero attached hydrogens (tertiary/aromatic N) is 3. The minimum absolute atomic E-state index is 0. The molecule has 0 aliphatic carbocycles. The number of guanidine groups is 1. The number of halogens is 1. The zero-order valence-corrected chi connectivity index (χ0v) is 21.3. The molecule has 1 aliphatic heterocycles. The maximum absolute atomic E-state index is 4.41. The van der Waals surface area contributed by atoms with E-state index in [1.165, 1.54) is 24.2 Å². The van der Waals surface area contributed by atoms with Crippen LogP contribution in [0.5, 0.6) is 0 Å². The normalized spacial score (nSPS) is 15.5. The van der Waals surface area contributed by atoms with Gasteiger partial charge >= 0.3 is 0 Å². The molecule has 0 aromatic heterocycles. The summed E-state index contributed by atoms with van der Waals surface area (Å²) in [6.07, 6.45) is 1.02. The van der Waals surface area contributed by atoms with Crippen molar-refractivity contribution in [1.82, 2.24) is 20.4 Å². The van der Waals surface area contributed by atoms with E-state index in [4.69, 9.17) is 0 Å². The molecule has 2 aromatic rings. The summed E-state index contributed by atoms with van der Waals surface area (Å²) < 4.78 is 0. The maximum atomic E-state index is 4.41. The zero-order valence-electron chi connectivity index (χ0n) is 19.0. The average Bonchev–Trinajstić information content (AvgIpc) is 2.82. The quantitative estimate of drug-likeness (QED) is 0.293. The number of likely N-dealkylation sites (N-methyl/N-ethyl adjacent to an activating group) is 1. The second-order valence-electron chi connectivity index (χ2n) is 7.86. The average molecular weight is 536 g/mol. The van der Waals surface area contributed by atoms with Crippen LogP contribution in [0.3, 0.4) is 0 Å². The van der Waals surface area contributed by atoms with Crippen LogP contribution in [0.2, 0.25) is 0 Å². The lowest BCUT2D eigenvalue weighted by Gasteiger charge is -2.34. The van der Waals surface area contributed by atoms with Crippen LogP contribution in [-0.2, 0) is 0 Å². The van der Waals surface area contributed by atoms with Crippen LogP contribution in [-0.4, -0.2) is 75.2 Å². The molecule has 31 heavy (non-hydrogen) atoms. The number of benzene rings is 2. The third-order valence-corrected chi connectivity index (χ3v) is 5.99. The fourth-order valence-corrected chi connectivity index (χ4v) is 4.11. The van der Waals surface area contributed by atoms with Gasteiger partial charge in [-0.15, -0.1) is 24.0 Å². The van der Waals surface area contributed by atoms with Crippen molar-refractivity contribution in [3.63, 3.8) is 0 Å². The third kappa shape index (κ3) is 8.43. The molecule has 170 valence electrons. The Bertz CT molecular complexity index is 706. The summed E-state index contributed by atoms with van der Waals surface area (Å²) in [6.45, 7) is 11.0. The topological polar surface area (TPSA) is 42.9 Å². The number of rotatable bonds is 9. The van der Waals surface area contributed by atoms with Gasteiger partial charge < -0.3 is 15.5 Å². The monoisotopic (exact) mass is 535 g/mol. The SMILES string of the molecule is CCN1CCN(CCNC(=NC)NCCC(c2ccccc2)c2ccccc2)CC1.I. The Morgan fingerprint density at radius 2 is 1.35 bits per heavy atom. The van der Waals surface area contributed by atoms with E-state index in [-0.39, 0.29) is 24.0 Å². The lowest BCUT2D eigenvalue weighted by Crippen LogP contribution is -2.49. The van der Waals surface area contributed by atoms with Crippen molar-refractivity contribution in [2.75, 3.05) is 59.4 Å². The van der Waals surface area contributed by atoms with Gasteiger partial charge in [0.25, 0.3) is 0 Å². The number of nitrogens with one attached hydrogen (secondary N) is 2. The molecule has 0 bridgehead atoms. The van der Waals surface area contributed by atoms with Crippen molar-refractivity contribution >= 4 is 29.9 Å². The van der Waals surface area contributed by atoms with Crippen molar-refractivity contribution in [3.8, 4) is 0 Å². The van der Waals surface area contributed by atoms with Crippen LogP contribution in [0.1, 0.15) is 30.4 Å². The van der Waals surface area contributed by atoms with Gasteiger partial charge in [-0.05, 0) is 24.1 Å². The van der Waals surface area contributed by atoms with Crippen LogP contribution in [0.4, 0.5) is 0 Å². The first-order chi connectivity index (χ1) is 14.8. The summed E-state index contributed by atoms with van der Waals surface area (Å²) in [5.74, 6) is 1.27. The van der Waals surface area contributed by atoms with Crippen molar-refractivity contribution in [2.24, 2.45) is 4.99 Å². The van der Waals surface area contributed by atoms with Crippen LogP contribution >= 0.6 is 24.0 Å². The lowest BCUT2D eigenvalue weighted by molar-refractivity contribution is 0.139. The molecule has 6 heteroatoms. The number of hydrogen-bond donors (Lipinski definition) is 2. The maximum Gasteiger partial charge on any atom is 0.191 e. The van der Waals surface area contributed by atoms with Gasteiger partial charge in [0.1, 0.15) is 0 Å². The van der Waals surface area contributed by atoms with Crippen molar-refractivity contribution in [3.05, 3.63) is 71.8 Å². The Hall–Kier alpha value is -1.64. The molecule has 3 rings (SSSR count). The Morgan fingerprint density at radius 3 is 1.87 bits per heavy atom. The zero-order chi connectivity index (χ0) is 21.0. The van der Waals surface area contributed by atoms with E-state index in [0.717, 1.165) is 51.6 Å². The van der Waals surface area contributed by atoms with Gasteiger partial charge in [-0.3, -0.25) is 9.89 Å². The van der Waals surface area contributed by atoms with Crippen LogP contribution in [0, 0.1) is 0 Å². The number of piperazine rings is 1. The van der Waals surface area contributed by atoms with Gasteiger partial charge in [-0.25, -0.2) is 0 Å². The molecular formula is C25H38IN5. The Kier molecular flexibility index (Phi) is 11.9. The van der Waals surface area contributed by atoms with Gasteiger partial charge in [0.15, 0.2) is 5.96 Å². The third-order valence-electron chi connectivity index (χ3n) is 5.99. The van der Waals surface area contributed by atoms with Crippen LogP contribution in [0.25, 0.3) is 0 Å². The number of hydrogen-bond acceptors (Lipinski definition) is 3. The molecule has 0 amide bonds. The highest BCUT2D eigenvalue weighted by Gasteiger charge is 2.15. The van der Waals surface area contributed by atoms with E-state index in [1.807, 2.05) is 7.05 Å². The first-order valence-corrected chi connectivity index (χ1v) is 11.3. The molecule has 5 nitrogen and oxygen atoms in total. The van der Waals surface area contributed by atoms with E-state index in [2.05, 4.69) is 93.0 Å². The van der Waals surface area contributed by atoms with E-state index in [9.17, 15) is 0 Å². The molecule has 0 saturated carbocycles. The molecule has 1 aliphatic rings. The second kappa shape index (κ2) is 14.4. The molecule has 0 radical (unpaired) electrons. The minimum atomic E-state index is 0. The summed E-state index contributed by atoms with van der Waals surface area (Å²) >= 11 is 0. The fraction of sp³-hybridized carbons (Fsp3) is 0.480. The molecular weight excluding hydrogens is 497 g/mol. The van der Waals surface area contributed by atoms with Gasteiger partial charge in [-0.1, -0.05) is 67.6 Å². The Balaban J connectivity index is 0.00000341. The van der Waals surface area contributed by atoms with Gasteiger partial charge in [-0.2, -0.15) is 0 Å². The molecule has 1 saturated heterocycles. The van der Waals surface area contributed by atoms with Gasteiger partial charge in [0, 0.05) is 58.8 Å². The van der Waals surface area contributed by atoms with E-state index in [0.29, 0.717) is 5.92 Å². The molecule has 0 unspecified atom stereocenters. The highest BCUT2D eigenvalue weighted by atomic mass is 127. The summed E-state index contributed by atoms with van der Waals surface area (Å²) in [5, 5.41) is 6.98. The highest BCUT2D eigenvalue weighted by Crippen LogP contribution is 2.27. The van der Waals surface area contributed by atoms with Crippen molar-refractivity contribution < 1.29 is 0 Å². The summed E-state index contributed by atoms with van der Waals surface area (Å²) in [6, 6.07) is 21.6. The molecule has 0 atom stereocenters. The molecule has 0 spiro atoms. The highest BCUT2D eigenvalue weighted by molar-refractivity contribution is 14.0. The fourth-order valence-electron chi connectivity index (χ4n) is 4.11. The molecule has 1 fully saturated rings. The Labute approximate surface area is 205 Å². The smallest absolute Gasteiger partial charge is 0.191 e. The standard InChI is InChI=1S/C25H37N5.HI/c1-3-29-18-20-30(21-19-29)17-16-28-25(26-2)27-15-14-24(22-10-6-4-7-11-22)23-12-8-5-9-13-23;/h4-13,24H,3,14-21H2,1-2H3,(H2,26,27,28);1H. The minimum Gasteiger partial charge on any atom is -0.356 e. The van der Waals surface area contributed by atoms with E-state index >= 15 is 0 Å². The first kappa shape index (κ1) is 25.6. The van der Waals surface area contributed by atoms with Gasteiger partial charge in [0.05, 0.1) is 0 Å². The predicted molar refractivity (Wildman–Crippen MR) is 143 cm³/mol. The second-order valence-corrected chi connectivity index (χ2v) is 7.86. The summed E-state index contributed by atoms with van der Waals surface area (Å²) in [4.78, 5) is 9.46. The summed E-state index contributed by atoms with van der Waals surface area (Å²) in [5.41, 5.74) is 2.72. The van der Waals surface area contributed by atoms with Crippen LogP contribution < -0.4 is 10.6 Å². The van der Waals surface area contributed by atoms with Crippen molar-refractivity contribution in [2.45, 2.75) is 19.3 Å². The van der Waals surface area contributed by atoms with E-state index < -0.39 is 0 Å².